The molecule has 0 heterocycles. The zero-order valence-electron chi connectivity index (χ0n) is 9.90. The minimum Gasteiger partial charge on any atom is -0.491 e. The number of ether oxygens (including phenoxy) is 2. The van der Waals surface area contributed by atoms with Gasteiger partial charge in [0.1, 0.15) is 11.5 Å². The van der Waals surface area contributed by atoms with Crippen LogP contribution in [-0.4, -0.2) is 12.2 Å². The predicted octanol–water partition coefficient (Wildman–Crippen LogP) is 2.47. The molecule has 0 saturated heterocycles. The second-order valence-electron chi connectivity index (χ2n) is 4.46. The fraction of sp³-hybridized carbons (Fsp3) is 0.538. The Morgan fingerprint density at radius 3 is 2.69 bits per heavy atom. The first kappa shape index (κ1) is 11.3. The number of nitrogens with two attached hydrogens (primary N) is 1. The lowest BCUT2D eigenvalue weighted by molar-refractivity contribution is 0.239. The molecule has 1 saturated carbocycles. The van der Waals surface area contributed by atoms with E-state index in [1.807, 2.05) is 32.0 Å². The zero-order valence-corrected chi connectivity index (χ0v) is 9.90. The summed E-state index contributed by atoms with van der Waals surface area (Å²) in [7, 11) is 0. The summed E-state index contributed by atoms with van der Waals surface area (Å²) in [4.78, 5) is 0. The van der Waals surface area contributed by atoms with Crippen LogP contribution >= 0.6 is 0 Å². The van der Waals surface area contributed by atoms with E-state index in [1.165, 1.54) is 12.8 Å². The normalized spacial score (nSPS) is 15.2. The van der Waals surface area contributed by atoms with Crippen LogP contribution in [0.5, 0.6) is 11.5 Å². The van der Waals surface area contributed by atoms with Crippen molar-refractivity contribution in [2.45, 2.75) is 45.4 Å². The maximum Gasteiger partial charge on any atom is 0.124 e. The van der Waals surface area contributed by atoms with Crippen molar-refractivity contribution in [2.75, 3.05) is 0 Å². The van der Waals surface area contributed by atoms with Crippen LogP contribution in [0.2, 0.25) is 0 Å². The third-order valence-corrected chi connectivity index (χ3v) is 2.44. The largest absolute Gasteiger partial charge is 0.491 e. The number of hydrogen-bond donors (Lipinski definition) is 1. The minimum absolute atomic E-state index is 0.167. The predicted molar refractivity (Wildman–Crippen MR) is 63.7 cm³/mol. The fourth-order valence-electron chi connectivity index (χ4n) is 1.54. The van der Waals surface area contributed by atoms with Crippen molar-refractivity contribution < 1.29 is 9.47 Å². The standard InChI is InChI=1S/C13H19NO2/c1-9(2)15-13-6-5-12(7-10(13)8-14)16-11-3-4-11/h5-7,9,11H,3-4,8,14H2,1-2H3. The molecule has 88 valence electrons. The molecule has 16 heavy (non-hydrogen) atoms. The summed E-state index contributed by atoms with van der Waals surface area (Å²) in [5.41, 5.74) is 6.71. The maximum absolute atomic E-state index is 5.72. The Hall–Kier alpha value is -1.22. The van der Waals surface area contributed by atoms with Crippen molar-refractivity contribution in [3.05, 3.63) is 23.8 Å². The summed E-state index contributed by atoms with van der Waals surface area (Å²) < 4.78 is 11.4. The molecule has 0 radical (unpaired) electrons. The molecule has 0 amide bonds. The molecule has 0 unspecified atom stereocenters. The van der Waals surface area contributed by atoms with E-state index in [0.717, 1.165) is 17.1 Å². The molecule has 1 fully saturated rings. The van der Waals surface area contributed by atoms with E-state index in [-0.39, 0.29) is 6.10 Å². The highest BCUT2D eigenvalue weighted by atomic mass is 16.5. The highest BCUT2D eigenvalue weighted by Crippen LogP contribution is 2.30. The van der Waals surface area contributed by atoms with E-state index in [4.69, 9.17) is 15.2 Å². The first-order chi connectivity index (χ1) is 7.69. The monoisotopic (exact) mass is 221 g/mol. The molecule has 2 N–H and O–H groups in total. The molecule has 1 aliphatic carbocycles. The van der Waals surface area contributed by atoms with Crippen molar-refractivity contribution in [3.8, 4) is 11.5 Å². The summed E-state index contributed by atoms with van der Waals surface area (Å²) >= 11 is 0. The SMILES string of the molecule is CC(C)Oc1ccc(OC2CC2)cc1CN. The van der Waals surface area contributed by atoms with Crippen LogP contribution in [0.25, 0.3) is 0 Å². The van der Waals surface area contributed by atoms with Gasteiger partial charge in [-0.15, -0.1) is 0 Å². The lowest BCUT2D eigenvalue weighted by Crippen LogP contribution is -2.09. The van der Waals surface area contributed by atoms with Crippen molar-refractivity contribution in [2.24, 2.45) is 5.73 Å². The second-order valence-corrected chi connectivity index (χ2v) is 4.46. The van der Waals surface area contributed by atoms with E-state index in [0.29, 0.717) is 12.6 Å². The Bertz CT molecular complexity index is 359. The van der Waals surface area contributed by atoms with E-state index in [1.54, 1.807) is 0 Å². The van der Waals surface area contributed by atoms with Crippen LogP contribution in [0, 0.1) is 0 Å². The summed E-state index contributed by atoms with van der Waals surface area (Å²) in [6.45, 7) is 4.49. The van der Waals surface area contributed by atoms with Crippen molar-refractivity contribution in [1.82, 2.24) is 0 Å². The van der Waals surface area contributed by atoms with Gasteiger partial charge in [0.05, 0.1) is 12.2 Å². The van der Waals surface area contributed by atoms with Gasteiger partial charge in [0.25, 0.3) is 0 Å². The molecule has 1 aromatic rings. The van der Waals surface area contributed by atoms with Crippen LogP contribution in [0.4, 0.5) is 0 Å². The Kier molecular flexibility index (Phi) is 3.34. The van der Waals surface area contributed by atoms with Gasteiger partial charge in [0.15, 0.2) is 0 Å². The second kappa shape index (κ2) is 4.74. The van der Waals surface area contributed by atoms with Gasteiger partial charge in [0, 0.05) is 12.1 Å². The Morgan fingerprint density at radius 2 is 2.12 bits per heavy atom. The van der Waals surface area contributed by atoms with Crippen LogP contribution in [0.3, 0.4) is 0 Å². The molecule has 1 aromatic carbocycles. The molecule has 1 aliphatic rings. The van der Waals surface area contributed by atoms with E-state index >= 15 is 0 Å². The molecule has 0 spiro atoms. The summed E-state index contributed by atoms with van der Waals surface area (Å²) in [5, 5.41) is 0. The lowest BCUT2D eigenvalue weighted by atomic mass is 10.2. The first-order valence-electron chi connectivity index (χ1n) is 5.85. The molecule has 0 aromatic heterocycles. The lowest BCUT2D eigenvalue weighted by Gasteiger charge is -2.14. The van der Waals surface area contributed by atoms with Gasteiger partial charge in [-0.05, 0) is 44.9 Å². The number of hydrogen-bond acceptors (Lipinski definition) is 3. The smallest absolute Gasteiger partial charge is 0.124 e. The van der Waals surface area contributed by atoms with Gasteiger partial charge >= 0.3 is 0 Å². The van der Waals surface area contributed by atoms with E-state index < -0.39 is 0 Å². The number of benzene rings is 1. The Balaban J connectivity index is 2.12. The maximum atomic E-state index is 5.72. The van der Waals surface area contributed by atoms with Crippen molar-refractivity contribution in [1.29, 1.82) is 0 Å². The Morgan fingerprint density at radius 1 is 1.38 bits per heavy atom. The van der Waals surface area contributed by atoms with Gasteiger partial charge in [-0.3, -0.25) is 0 Å². The molecule has 3 heteroatoms. The van der Waals surface area contributed by atoms with Crippen molar-refractivity contribution >= 4 is 0 Å². The quantitative estimate of drug-likeness (QED) is 0.830. The van der Waals surface area contributed by atoms with Crippen LogP contribution in [-0.2, 0) is 6.54 Å². The molecule has 0 bridgehead atoms. The fourth-order valence-corrected chi connectivity index (χ4v) is 1.54. The highest BCUT2D eigenvalue weighted by molar-refractivity contribution is 5.40. The third kappa shape index (κ3) is 2.89. The third-order valence-electron chi connectivity index (χ3n) is 2.44. The van der Waals surface area contributed by atoms with E-state index in [9.17, 15) is 0 Å². The molecule has 3 nitrogen and oxygen atoms in total. The van der Waals surface area contributed by atoms with Crippen LogP contribution in [0.1, 0.15) is 32.3 Å². The van der Waals surface area contributed by atoms with Gasteiger partial charge in [0.2, 0.25) is 0 Å². The van der Waals surface area contributed by atoms with Gasteiger partial charge in [-0.25, -0.2) is 0 Å². The molecule has 2 rings (SSSR count). The van der Waals surface area contributed by atoms with Gasteiger partial charge in [-0.1, -0.05) is 0 Å². The molecule has 0 aliphatic heterocycles. The van der Waals surface area contributed by atoms with Crippen LogP contribution in [0.15, 0.2) is 18.2 Å². The minimum atomic E-state index is 0.167. The molecular formula is C13H19NO2. The first-order valence-corrected chi connectivity index (χ1v) is 5.85. The molecular weight excluding hydrogens is 202 g/mol. The molecule has 0 atom stereocenters. The average Bonchev–Trinajstić information content (AvgIpc) is 3.03. The van der Waals surface area contributed by atoms with E-state index in [2.05, 4.69) is 0 Å². The van der Waals surface area contributed by atoms with Gasteiger partial charge in [-0.2, -0.15) is 0 Å². The Labute approximate surface area is 96.5 Å². The van der Waals surface area contributed by atoms with Crippen molar-refractivity contribution in [3.63, 3.8) is 0 Å². The summed E-state index contributed by atoms with van der Waals surface area (Å²) in [5.74, 6) is 1.76. The van der Waals surface area contributed by atoms with Crippen LogP contribution < -0.4 is 15.2 Å². The summed E-state index contributed by atoms with van der Waals surface area (Å²) in [6.07, 6.45) is 2.92. The highest BCUT2D eigenvalue weighted by Gasteiger charge is 2.23. The zero-order chi connectivity index (χ0) is 11.5. The topological polar surface area (TPSA) is 44.5 Å². The number of rotatable bonds is 5. The average molecular weight is 221 g/mol. The summed E-state index contributed by atoms with van der Waals surface area (Å²) in [6, 6.07) is 5.88. The van der Waals surface area contributed by atoms with Gasteiger partial charge < -0.3 is 15.2 Å².